The third-order valence-electron chi connectivity index (χ3n) is 9.98. The Kier molecular flexibility index (Phi) is 9.10. The van der Waals surface area contributed by atoms with Gasteiger partial charge >= 0.3 is 238 Å². The van der Waals surface area contributed by atoms with E-state index in [4.69, 9.17) is 42.6 Å². The molecule has 11 atom stereocenters. The van der Waals surface area contributed by atoms with Gasteiger partial charge in [-0.3, -0.25) is 4.79 Å². The molecule has 40 heavy (non-hydrogen) atoms. The van der Waals surface area contributed by atoms with E-state index in [1.54, 1.807) is 5.97 Å². The average Bonchev–Trinajstić information content (AvgIpc) is 3.08. The summed E-state index contributed by atoms with van der Waals surface area (Å²) in [5.41, 5.74) is -0.195. The molecular weight excluding hydrogens is 638 g/mol. The number of rotatable bonds is 7. The third-order valence-corrected chi connectivity index (χ3v) is 15.3. The van der Waals surface area contributed by atoms with Gasteiger partial charge in [-0.05, 0) is 0 Å². The Morgan fingerprint density at radius 3 is 2.70 bits per heavy atom. The van der Waals surface area contributed by atoms with E-state index in [1.165, 1.54) is 11.8 Å². The van der Waals surface area contributed by atoms with Crippen LogP contribution >= 0.6 is 83.3 Å². The molecule has 4 aliphatic carbocycles. The topological polar surface area (TPSA) is 80.7 Å². The molecule has 1 N–H and O–H groups in total. The van der Waals surface area contributed by atoms with Crippen LogP contribution in [0.1, 0.15) is 38.2 Å². The summed E-state index contributed by atoms with van der Waals surface area (Å²) >= 11 is 21.5. The molecule has 5 rings (SSSR count). The molecule has 0 radical (unpaired) electrons. The van der Waals surface area contributed by atoms with Crippen LogP contribution in [0, 0.1) is 22.7 Å². The summed E-state index contributed by atoms with van der Waals surface area (Å²) in [6, 6.07) is 7.67. The van der Waals surface area contributed by atoms with Gasteiger partial charge < -0.3 is 0 Å². The molecule has 1 aromatic rings. The SMILES string of the molecule is B=C[C@]1(S)C[C@@H](OC(=O)CSc2cccc(CSC(=O)S)c2)[C@]2(S)C(S)CC34CC(C(C)CC3=O)(C42)[C@@H](P)C1O. The van der Waals surface area contributed by atoms with Gasteiger partial charge in [0.05, 0.1) is 0 Å². The first-order chi connectivity index (χ1) is 18.7. The molecule has 4 fully saturated rings. The van der Waals surface area contributed by atoms with Gasteiger partial charge in [-0.15, -0.1) is 0 Å². The first-order valence-corrected chi connectivity index (χ1v) is 17.7. The van der Waals surface area contributed by atoms with E-state index in [-0.39, 0.29) is 50.6 Å². The van der Waals surface area contributed by atoms with E-state index in [2.05, 4.69) is 36.3 Å². The Balaban J connectivity index is 1.43. The van der Waals surface area contributed by atoms with Crippen molar-refractivity contribution < 1.29 is 24.2 Å². The summed E-state index contributed by atoms with van der Waals surface area (Å²) in [7, 11) is 6.86. The van der Waals surface area contributed by atoms with Crippen LogP contribution < -0.4 is 0 Å². The van der Waals surface area contributed by atoms with Gasteiger partial charge in [-0.1, -0.05) is 24.4 Å². The Morgan fingerprint density at radius 2 is 2.02 bits per heavy atom. The molecule has 0 aromatic heterocycles. The minimum atomic E-state index is -1.04. The second-order valence-corrected chi connectivity index (χ2v) is 17.5. The maximum atomic E-state index is 13.5. The van der Waals surface area contributed by atoms with E-state index in [9.17, 15) is 19.5 Å². The zero-order valence-corrected chi connectivity index (χ0v) is 28.4. The van der Waals surface area contributed by atoms with Crippen molar-refractivity contribution in [3.8, 4) is 0 Å². The number of hydrogen-bond donors (Lipinski definition) is 5. The number of aliphatic hydroxyl groups excluding tert-OH is 1. The fourth-order valence-electron chi connectivity index (χ4n) is 8.17. The first-order valence-electron chi connectivity index (χ1n) is 13.2. The number of Topliss-reactive ketones (excluding diaryl/α,β-unsaturated/α-hetero) is 1. The Bertz CT molecular complexity index is 1260. The zero-order valence-electron chi connectivity index (χ0n) is 22.1. The van der Waals surface area contributed by atoms with Gasteiger partial charge in [0.25, 0.3) is 0 Å². The predicted molar refractivity (Wildman–Crippen MR) is 183 cm³/mol. The molecule has 0 saturated heterocycles. The van der Waals surface area contributed by atoms with Gasteiger partial charge in [0.1, 0.15) is 0 Å². The molecule has 1 aromatic carbocycles. The van der Waals surface area contributed by atoms with Gasteiger partial charge in [0.2, 0.25) is 4.45 Å². The number of carbonyl (C=O) groups is 3. The summed E-state index contributed by atoms with van der Waals surface area (Å²) in [6.07, 6.45) is 0.333. The van der Waals surface area contributed by atoms with Crippen molar-refractivity contribution in [1.82, 2.24) is 0 Å². The number of thiol groups is 4. The summed E-state index contributed by atoms with van der Waals surface area (Å²) in [6.45, 7) is 2.09. The van der Waals surface area contributed by atoms with Crippen molar-refractivity contribution in [1.29, 1.82) is 0 Å². The molecule has 4 aliphatic rings. The van der Waals surface area contributed by atoms with Crippen molar-refractivity contribution in [2.75, 3.05) is 5.75 Å². The van der Waals surface area contributed by atoms with Crippen LogP contribution in [0.3, 0.4) is 0 Å². The van der Waals surface area contributed by atoms with Crippen molar-refractivity contribution in [2.45, 2.75) is 75.9 Å². The quantitative estimate of drug-likeness (QED) is 0.0972. The standard InChI is InChI=1S/C27H34BO5PS6/c1-13-5-16(29)24-8-18(35)27(38)17(7-25(37,12-28)20(31)21(34)26(13,11-24)22(24)27)33-19(30)10-39-15-4-2-3-14(6-15)9-40-23(32)36/h2-4,6,12-13,17-18,20-22,28,31,35,37-38H,5,7-11,34H2,1H3,(H,32,36)/t13?,17-,18?,20?,21+,22?,24?,25-,26?,27+/m1/s1. The van der Waals surface area contributed by atoms with E-state index in [0.29, 0.717) is 25.0 Å². The minimum absolute atomic E-state index is 0.0323. The molecule has 0 heterocycles. The normalized spacial score (nSPS) is 43.6. The summed E-state index contributed by atoms with van der Waals surface area (Å²) in [5.74, 6) is 1.90. The second kappa shape index (κ2) is 11.4. The summed E-state index contributed by atoms with van der Waals surface area (Å²) in [5, 5.41) is 11.4. The molecule has 216 valence electrons. The first kappa shape index (κ1) is 31.9. The number of aliphatic hydroxyl groups is 1. The number of thioether (sulfide) groups is 2. The Labute approximate surface area is 269 Å². The summed E-state index contributed by atoms with van der Waals surface area (Å²) in [4.78, 5) is 39.0. The van der Waals surface area contributed by atoms with Gasteiger partial charge in [-0.2, -0.15) is 0 Å². The van der Waals surface area contributed by atoms with Gasteiger partial charge in [-0.25, -0.2) is 0 Å². The molecular formula is C27H34BO5PS6. The predicted octanol–water partition coefficient (Wildman–Crippen LogP) is 4.33. The van der Waals surface area contributed by atoms with Crippen molar-refractivity contribution in [3.63, 3.8) is 0 Å². The molecule has 5 nitrogen and oxygen atoms in total. The van der Waals surface area contributed by atoms with Crippen LogP contribution in [0.2, 0.25) is 0 Å². The van der Waals surface area contributed by atoms with Crippen LogP contribution in [-0.2, 0) is 20.1 Å². The molecule has 0 amide bonds. The number of ether oxygens (including phenoxy) is 1. The number of esters is 1. The van der Waals surface area contributed by atoms with Crippen molar-refractivity contribution in [3.05, 3.63) is 29.8 Å². The van der Waals surface area contributed by atoms with Crippen LogP contribution in [0.5, 0.6) is 0 Å². The van der Waals surface area contributed by atoms with E-state index in [1.807, 2.05) is 24.3 Å². The van der Waals surface area contributed by atoms with Gasteiger partial charge in [0, 0.05) is 0 Å². The number of ketones is 1. The molecule has 2 spiro atoms. The Morgan fingerprint density at radius 1 is 1.30 bits per heavy atom. The monoisotopic (exact) mass is 672 g/mol. The van der Waals surface area contributed by atoms with Crippen LogP contribution in [0.15, 0.2) is 29.2 Å². The second-order valence-electron chi connectivity index (χ2n) is 11.9. The fraction of sp³-hybridized carbons (Fsp3) is 0.630. The molecule has 13 heteroatoms. The molecule has 0 aliphatic heterocycles. The van der Waals surface area contributed by atoms with Crippen molar-refractivity contribution >= 4 is 113 Å². The summed E-state index contributed by atoms with van der Waals surface area (Å²) < 4.78 is 4.09. The van der Waals surface area contributed by atoms with E-state index in [0.717, 1.165) is 22.2 Å². The zero-order chi connectivity index (χ0) is 29.3. The Hall–Kier alpha value is 0.455. The van der Waals surface area contributed by atoms with Crippen LogP contribution in [0.4, 0.5) is 4.79 Å². The maximum absolute atomic E-state index is 13.5. The van der Waals surface area contributed by atoms with Gasteiger partial charge in [0.15, 0.2) is 0 Å². The van der Waals surface area contributed by atoms with Crippen LogP contribution in [0.25, 0.3) is 0 Å². The van der Waals surface area contributed by atoms with Crippen LogP contribution in [-0.4, -0.2) is 73.1 Å². The average molecular weight is 673 g/mol. The fourth-order valence-corrected chi connectivity index (χ4v) is 12.4. The van der Waals surface area contributed by atoms with E-state index < -0.39 is 33.1 Å². The molecule has 4 saturated carbocycles. The molecule has 2 bridgehead atoms. The van der Waals surface area contributed by atoms with Crippen molar-refractivity contribution in [2.24, 2.45) is 22.7 Å². The number of hydrogen-bond acceptors (Lipinski definition) is 10. The number of carbonyl (C=O) groups excluding carboxylic acids is 3. The molecule has 7 unspecified atom stereocenters. The van der Waals surface area contributed by atoms with E-state index >= 15 is 0 Å². The number of benzene rings is 1. The third kappa shape index (κ3) is 4.85.